The predicted octanol–water partition coefficient (Wildman–Crippen LogP) is -0.200. The van der Waals surface area contributed by atoms with Gasteiger partial charge in [0.25, 0.3) is 5.91 Å². The van der Waals surface area contributed by atoms with Crippen molar-refractivity contribution >= 4 is 5.91 Å². The summed E-state index contributed by atoms with van der Waals surface area (Å²) in [6, 6.07) is 1.96. The van der Waals surface area contributed by atoms with Gasteiger partial charge in [-0.15, -0.1) is 0 Å². The zero-order chi connectivity index (χ0) is 13.4. The second-order valence-corrected chi connectivity index (χ2v) is 4.78. The van der Waals surface area contributed by atoms with E-state index in [1.165, 1.54) is 0 Å². The van der Waals surface area contributed by atoms with Crippen molar-refractivity contribution in [1.29, 1.82) is 0 Å². The highest BCUT2D eigenvalue weighted by atomic mass is 16.1. The number of H-pyrrole nitrogens is 1. The lowest BCUT2D eigenvalue weighted by Crippen LogP contribution is -2.30. The highest BCUT2D eigenvalue weighted by Crippen LogP contribution is 2.20. The summed E-state index contributed by atoms with van der Waals surface area (Å²) in [5, 5.41) is 6.96. The van der Waals surface area contributed by atoms with Crippen molar-refractivity contribution in [3.63, 3.8) is 0 Å². The minimum atomic E-state index is -0.476. The lowest BCUT2D eigenvalue weighted by Gasteiger charge is -2.25. The summed E-state index contributed by atoms with van der Waals surface area (Å²) in [6.45, 7) is 2.44. The largest absolute Gasteiger partial charge is 0.363 e. The maximum Gasteiger partial charge on any atom is 0.284 e. The molecule has 0 aromatic carbocycles. The van der Waals surface area contributed by atoms with Gasteiger partial charge in [0, 0.05) is 45.0 Å². The maximum absolute atomic E-state index is 11.3. The number of primary amides is 1. The summed E-state index contributed by atoms with van der Waals surface area (Å²) in [4.78, 5) is 17.9. The van der Waals surface area contributed by atoms with Gasteiger partial charge in [-0.3, -0.25) is 14.8 Å². The molecule has 1 amide bonds. The summed E-state index contributed by atoms with van der Waals surface area (Å²) in [6.07, 6.45) is 2.69. The molecule has 0 radical (unpaired) electrons. The molecule has 0 aliphatic carbocycles. The van der Waals surface area contributed by atoms with Crippen LogP contribution in [0, 0.1) is 0 Å². The van der Waals surface area contributed by atoms with Gasteiger partial charge in [-0.2, -0.15) is 5.10 Å². The Bertz CT molecular complexity index is 600. The van der Waals surface area contributed by atoms with Crippen molar-refractivity contribution in [3.05, 3.63) is 35.2 Å². The quantitative estimate of drug-likeness (QED) is 0.799. The molecule has 7 nitrogen and oxygen atoms in total. The Labute approximate surface area is 110 Å². The Hall–Kier alpha value is -2.15. The molecule has 3 heterocycles. The molecular weight excluding hydrogens is 244 g/mol. The van der Waals surface area contributed by atoms with E-state index < -0.39 is 5.91 Å². The molecule has 0 bridgehead atoms. The van der Waals surface area contributed by atoms with E-state index in [-0.39, 0.29) is 0 Å². The number of nitrogens with zero attached hydrogens (tertiary/aromatic N) is 4. The Balaban J connectivity index is 1.80. The van der Waals surface area contributed by atoms with Crippen LogP contribution in [-0.2, 0) is 26.6 Å². The fourth-order valence-corrected chi connectivity index (χ4v) is 2.55. The Kier molecular flexibility index (Phi) is 2.83. The number of hydrogen-bond donors (Lipinski definition) is 2. The van der Waals surface area contributed by atoms with Crippen LogP contribution in [0.5, 0.6) is 0 Å². The van der Waals surface area contributed by atoms with E-state index >= 15 is 0 Å². The van der Waals surface area contributed by atoms with Crippen molar-refractivity contribution in [2.75, 3.05) is 6.54 Å². The molecule has 2 aromatic rings. The number of amides is 1. The van der Waals surface area contributed by atoms with Crippen LogP contribution in [0.15, 0.2) is 12.3 Å². The number of aromatic nitrogens is 4. The minimum Gasteiger partial charge on any atom is -0.363 e. The average molecular weight is 260 g/mol. The number of carbonyl (C=O) groups is 1. The minimum absolute atomic E-state index is 0.339. The van der Waals surface area contributed by atoms with Gasteiger partial charge in [0.15, 0.2) is 5.82 Å². The highest BCUT2D eigenvalue weighted by Gasteiger charge is 2.24. The summed E-state index contributed by atoms with van der Waals surface area (Å²) in [7, 11) is 1.84. The van der Waals surface area contributed by atoms with Crippen molar-refractivity contribution < 1.29 is 4.79 Å². The Morgan fingerprint density at radius 2 is 2.42 bits per heavy atom. The van der Waals surface area contributed by atoms with E-state index in [4.69, 9.17) is 5.73 Å². The van der Waals surface area contributed by atoms with Crippen LogP contribution in [0.3, 0.4) is 0 Å². The molecule has 0 saturated carbocycles. The van der Waals surface area contributed by atoms with Crippen LogP contribution in [0.25, 0.3) is 0 Å². The lowest BCUT2D eigenvalue weighted by atomic mass is 10.1. The standard InChI is InChI=1S/C12H16N6O/c1-17-10-3-5-18(6-8-2-4-14-16-8)7-9(10)15-12(17)11(13)19/h2,4H,3,5-7H2,1H3,(H2,13,19)(H,14,16). The smallest absolute Gasteiger partial charge is 0.284 e. The van der Waals surface area contributed by atoms with E-state index in [1.54, 1.807) is 0 Å². The first kappa shape index (κ1) is 11.9. The van der Waals surface area contributed by atoms with Gasteiger partial charge in [-0.25, -0.2) is 4.98 Å². The second-order valence-electron chi connectivity index (χ2n) is 4.78. The van der Waals surface area contributed by atoms with E-state index in [0.29, 0.717) is 5.82 Å². The van der Waals surface area contributed by atoms with E-state index in [9.17, 15) is 4.79 Å². The molecule has 0 saturated heterocycles. The molecule has 7 heteroatoms. The number of nitrogens with one attached hydrogen (secondary N) is 1. The molecule has 0 unspecified atom stereocenters. The van der Waals surface area contributed by atoms with E-state index in [2.05, 4.69) is 20.1 Å². The van der Waals surface area contributed by atoms with Crippen molar-refractivity contribution in [1.82, 2.24) is 24.6 Å². The van der Waals surface area contributed by atoms with Crippen molar-refractivity contribution in [3.8, 4) is 0 Å². The SMILES string of the molecule is Cn1c(C(N)=O)nc2c1CCN(Cc1cc[nH]n1)C2. The first-order valence-electron chi connectivity index (χ1n) is 6.20. The molecule has 100 valence electrons. The van der Waals surface area contributed by atoms with Gasteiger partial charge in [0.1, 0.15) is 0 Å². The first-order chi connectivity index (χ1) is 9.15. The molecule has 0 fully saturated rings. The Morgan fingerprint density at radius 1 is 1.58 bits per heavy atom. The monoisotopic (exact) mass is 260 g/mol. The van der Waals surface area contributed by atoms with E-state index in [1.807, 2.05) is 23.9 Å². The third-order valence-electron chi connectivity index (χ3n) is 3.50. The summed E-state index contributed by atoms with van der Waals surface area (Å²) in [5.41, 5.74) is 8.38. The molecule has 0 spiro atoms. The number of fused-ring (bicyclic) bond motifs is 1. The zero-order valence-corrected chi connectivity index (χ0v) is 10.8. The molecule has 3 N–H and O–H groups in total. The van der Waals surface area contributed by atoms with Gasteiger partial charge < -0.3 is 10.3 Å². The predicted molar refractivity (Wildman–Crippen MR) is 68.1 cm³/mol. The van der Waals surface area contributed by atoms with E-state index in [0.717, 1.165) is 43.1 Å². The van der Waals surface area contributed by atoms with Gasteiger partial charge >= 0.3 is 0 Å². The van der Waals surface area contributed by atoms with Crippen LogP contribution in [0.1, 0.15) is 27.7 Å². The fraction of sp³-hybridized carbons (Fsp3) is 0.417. The fourth-order valence-electron chi connectivity index (χ4n) is 2.55. The van der Waals surface area contributed by atoms with Crippen LogP contribution in [0.2, 0.25) is 0 Å². The Morgan fingerprint density at radius 3 is 3.11 bits per heavy atom. The number of carbonyl (C=O) groups excluding carboxylic acids is 1. The molecule has 1 aliphatic rings. The van der Waals surface area contributed by atoms with Gasteiger partial charge in [0.05, 0.1) is 11.4 Å². The highest BCUT2D eigenvalue weighted by molar-refractivity contribution is 5.89. The third kappa shape index (κ3) is 2.12. The zero-order valence-electron chi connectivity index (χ0n) is 10.8. The third-order valence-corrected chi connectivity index (χ3v) is 3.50. The molecular formula is C12H16N6O. The van der Waals surface area contributed by atoms with Crippen LogP contribution in [0.4, 0.5) is 0 Å². The summed E-state index contributed by atoms with van der Waals surface area (Å²) < 4.78 is 1.81. The van der Waals surface area contributed by atoms with Gasteiger partial charge in [0.2, 0.25) is 0 Å². The molecule has 0 atom stereocenters. The number of imidazole rings is 1. The van der Waals surface area contributed by atoms with Crippen LogP contribution >= 0.6 is 0 Å². The first-order valence-corrected chi connectivity index (χ1v) is 6.20. The summed E-state index contributed by atoms with van der Waals surface area (Å²) >= 11 is 0. The summed E-state index contributed by atoms with van der Waals surface area (Å²) in [5.74, 6) is -0.137. The number of nitrogens with two attached hydrogens (primary N) is 1. The molecule has 3 rings (SSSR count). The van der Waals surface area contributed by atoms with Crippen molar-refractivity contribution in [2.45, 2.75) is 19.5 Å². The topological polar surface area (TPSA) is 92.8 Å². The lowest BCUT2D eigenvalue weighted by molar-refractivity contribution is 0.0987. The van der Waals surface area contributed by atoms with Crippen LogP contribution < -0.4 is 5.73 Å². The van der Waals surface area contributed by atoms with Gasteiger partial charge in [-0.1, -0.05) is 0 Å². The molecule has 1 aliphatic heterocycles. The normalized spacial score (nSPS) is 15.4. The van der Waals surface area contributed by atoms with Crippen LogP contribution in [-0.4, -0.2) is 37.1 Å². The number of hydrogen-bond acceptors (Lipinski definition) is 4. The number of rotatable bonds is 3. The van der Waals surface area contributed by atoms with Gasteiger partial charge in [-0.05, 0) is 6.07 Å². The maximum atomic E-state index is 11.3. The second kappa shape index (κ2) is 4.51. The molecule has 2 aromatic heterocycles. The average Bonchev–Trinajstić information content (AvgIpc) is 2.98. The van der Waals surface area contributed by atoms with Crippen molar-refractivity contribution in [2.24, 2.45) is 12.8 Å². The molecule has 19 heavy (non-hydrogen) atoms. The number of aromatic amines is 1.